The Morgan fingerprint density at radius 2 is 1.71 bits per heavy atom. The van der Waals surface area contributed by atoms with E-state index in [1.54, 1.807) is 0 Å². The zero-order chi connectivity index (χ0) is 24.8. The van der Waals surface area contributed by atoms with Crippen molar-refractivity contribution in [2.24, 2.45) is 0 Å². The Hall–Kier alpha value is -3.43. The van der Waals surface area contributed by atoms with E-state index in [2.05, 4.69) is 10.3 Å². The number of fused-ring (bicyclic) bond motifs is 1. The van der Waals surface area contributed by atoms with Crippen molar-refractivity contribution in [2.45, 2.75) is 20.0 Å². The van der Waals surface area contributed by atoms with Crippen molar-refractivity contribution < 1.29 is 18.0 Å². The van der Waals surface area contributed by atoms with Crippen molar-refractivity contribution in [3.05, 3.63) is 97.0 Å². The zero-order valence-corrected chi connectivity index (χ0v) is 19.5. The molecule has 1 heterocycles. The van der Waals surface area contributed by atoms with E-state index in [1.807, 2.05) is 32.0 Å². The van der Waals surface area contributed by atoms with Crippen LogP contribution in [-0.2, 0) is 6.18 Å². The standard InChI is InChI=1S/C24H17ClF3N3O2S/c1-12-7-13(2)9-16(8-12)29-21(32)14-3-5-17-19(10-14)30-23(34)31(22(17)33)20-11-15(24(26,27)28)4-6-18(20)25/h3-11H,1-2H3,(H,29,32)(H,30,34). The third-order valence-corrected chi connectivity index (χ3v) is 5.76. The molecule has 0 aliphatic carbocycles. The van der Waals surface area contributed by atoms with Crippen molar-refractivity contribution in [3.63, 3.8) is 0 Å². The molecule has 0 fully saturated rings. The summed E-state index contributed by atoms with van der Waals surface area (Å²) in [5, 5.41) is 2.87. The number of halogens is 4. The Labute approximate surface area is 201 Å². The number of nitrogens with zero attached hydrogens (tertiary/aromatic N) is 1. The number of anilines is 1. The molecule has 3 aromatic carbocycles. The van der Waals surface area contributed by atoms with Crippen molar-refractivity contribution in [2.75, 3.05) is 5.32 Å². The van der Waals surface area contributed by atoms with E-state index in [0.29, 0.717) is 5.69 Å². The third-order valence-electron chi connectivity index (χ3n) is 5.15. The third kappa shape index (κ3) is 4.62. The monoisotopic (exact) mass is 503 g/mol. The highest BCUT2D eigenvalue weighted by atomic mass is 35.5. The lowest BCUT2D eigenvalue weighted by Gasteiger charge is -2.13. The van der Waals surface area contributed by atoms with Gasteiger partial charge in [0.25, 0.3) is 11.5 Å². The fourth-order valence-electron chi connectivity index (χ4n) is 3.69. The van der Waals surface area contributed by atoms with E-state index in [0.717, 1.165) is 33.9 Å². The Kier molecular flexibility index (Phi) is 6.09. The normalized spacial score (nSPS) is 11.6. The second-order valence-corrected chi connectivity index (χ2v) is 8.62. The average Bonchev–Trinajstić information content (AvgIpc) is 2.73. The molecule has 4 aromatic rings. The predicted octanol–water partition coefficient (Wildman–Crippen LogP) is 6.59. The minimum Gasteiger partial charge on any atom is -0.331 e. The topological polar surface area (TPSA) is 66.9 Å². The molecular formula is C24H17ClF3N3O2S. The van der Waals surface area contributed by atoms with E-state index in [1.165, 1.54) is 18.2 Å². The molecule has 0 atom stereocenters. The van der Waals surface area contributed by atoms with Gasteiger partial charge in [-0.05, 0) is 85.7 Å². The molecule has 0 aliphatic rings. The van der Waals surface area contributed by atoms with E-state index < -0.39 is 23.2 Å². The lowest BCUT2D eigenvalue weighted by Crippen LogP contribution is -2.22. The van der Waals surface area contributed by atoms with Gasteiger partial charge in [0.1, 0.15) is 0 Å². The molecule has 0 spiro atoms. The van der Waals surface area contributed by atoms with Crippen LogP contribution in [0.25, 0.3) is 16.6 Å². The minimum absolute atomic E-state index is 0.0709. The largest absolute Gasteiger partial charge is 0.416 e. The van der Waals surface area contributed by atoms with E-state index in [9.17, 15) is 22.8 Å². The molecule has 1 amide bonds. The number of rotatable bonds is 3. The summed E-state index contributed by atoms with van der Waals surface area (Å²) in [5.74, 6) is -0.392. The maximum Gasteiger partial charge on any atom is 0.416 e. The van der Waals surface area contributed by atoms with Crippen molar-refractivity contribution in [3.8, 4) is 5.69 Å². The van der Waals surface area contributed by atoms with Gasteiger partial charge < -0.3 is 10.3 Å². The fourth-order valence-corrected chi connectivity index (χ4v) is 4.18. The second kappa shape index (κ2) is 8.73. The molecule has 4 rings (SSSR count). The number of hydrogen-bond donors (Lipinski definition) is 2. The summed E-state index contributed by atoms with van der Waals surface area (Å²) in [5.41, 5.74) is 1.33. The Morgan fingerprint density at radius 3 is 2.35 bits per heavy atom. The zero-order valence-electron chi connectivity index (χ0n) is 17.9. The summed E-state index contributed by atoms with van der Waals surface area (Å²) in [6.45, 7) is 3.83. The van der Waals surface area contributed by atoms with Crippen molar-refractivity contribution >= 4 is 46.3 Å². The van der Waals surface area contributed by atoms with E-state index >= 15 is 0 Å². The molecule has 0 unspecified atom stereocenters. The summed E-state index contributed by atoms with van der Waals surface area (Å²) in [7, 11) is 0. The Morgan fingerprint density at radius 1 is 1.03 bits per heavy atom. The highest BCUT2D eigenvalue weighted by Gasteiger charge is 2.31. The fraction of sp³-hybridized carbons (Fsp3) is 0.125. The number of benzene rings is 3. The van der Waals surface area contributed by atoms with Crippen LogP contribution in [0.15, 0.2) is 59.4 Å². The molecule has 1 aromatic heterocycles. The van der Waals surface area contributed by atoms with E-state index in [-0.39, 0.29) is 31.9 Å². The lowest BCUT2D eigenvalue weighted by atomic mass is 10.1. The summed E-state index contributed by atoms with van der Waals surface area (Å²) >= 11 is 11.4. The number of hydrogen-bond acceptors (Lipinski definition) is 3. The molecule has 0 aliphatic heterocycles. The van der Waals surface area contributed by atoms with Gasteiger partial charge in [-0.15, -0.1) is 0 Å². The summed E-state index contributed by atoms with van der Waals surface area (Å²) in [6.07, 6.45) is -4.62. The number of carbonyl (C=O) groups is 1. The highest BCUT2D eigenvalue weighted by Crippen LogP contribution is 2.33. The van der Waals surface area contributed by atoms with Gasteiger partial charge in [-0.2, -0.15) is 13.2 Å². The van der Waals surface area contributed by atoms with Crippen LogP contribution in [-0.4, -0.2) is 15.5 Å². The molecule has 34 heavy (non-hydrogen) atoms. The quantitative estimate of drug-likeness (QED) is 0.310. The van der Waals surface area contributed by atoms with Crippen LogP contribution < -0.4 is 10.9 Å². The lowest BCUT2D eigenvalue weighted by molar-refractivity contribution is -0.137. The summed E-state index contributed by atoms with van der Waals surface area (Å²) in [4.78, 5) is 28.7. The Bertz CT molecular complexity index is 1550. The SMILES string of the molecule is Cc1cc(C)cc(NC(=O)c2ccc3c(=O)n(-c4cc(C(F)(F)F)ccc4Cl)c(=S)[nH]c3c2)c1. The second-order valence-electron chi connectivity index (χ2n) is 7.83. The first-order chi connectivity index (χ1) is 15.9. The van der Waals surface area contributed by atoms with Gasteiger partial charge in [0.05, 0.1) is 27.2 Å². The van der Waals surface area contributed by atoms with Gasteiger partial charge in [-0.25, -0.2) is 0 Å². The first kappa shape index (κ1) is 23.7. The summed E-state index contributed by atoms with van der Waals surface area (Å²) < 4.78 is 40.3. The molecule has 0 radical (unpaired) electrons. The Balaban J connectivity index is 1.78. The molecule has 10 heteroatoms. The van der Waals surface area contributed by atoms with Gasteiger partial charge in [-0.3, -0.25) is 14.2 Å². The van der Waals surface area contributed by atoms with Crippen LogP contribution in [0.5, 0.6) is 0 Å². The molecule has 0 bridgehead atoms. The highest BCUT2D eigenvalue weighted by molar-refractivity contribution is 7.71. The van der Waals surface area contributed by atoms with E-state index in [4.69, 9.17) is 23.8 Å². The predicted molar refractivity (Wildman–Crippen MR) is 129 cm³/mol. The maximum atomic E-state index is 13.2. The van der Waals surface area contributed by atoms with Gasteiger partial charge in [0, 0.05) is 11.3 Å². The van der Waals surface area contributed by atoms with Gasteiger partial charge >= 0.3 is 6.18 Å². The molecule has 0 saturated carbocycles. The number of aryl methyl sites for hydroxylation is 2. The first-order valence-electron chi connectivity index (χ1n) is 10.00. The number of aromatic amines is 1. The molecule has 2 N–H and O–H groups in total. The number of H-pyrrole nitrogens is 1. The molecule has 174 valence electrons. The van der Waals surface area contributed by atoms with Crippen LogP contribution in [0.2, 0.25) is 5.02 Å². The van der Waals surface area contributed by atoms with Crippen molar-refractivity contribution in [1.82, 2.24) is 9.55 Å². The molecule has 5 nitrogen and oxygen atoms in total. The number of aromatic nitrogens is 2. The van der Waals surface area contributed by atoms with Crippen LogP contribution >= 0.6 is 23.8 Å². The van der Waals surface area contributed by atoms with Crippen LogP contribution in [0, 0.1) is 18.6 Å². The minimum atomic E-state index is -4.62. The maximum absolute atomic E-state index is 13.2. The van der Waals surface area contributed by atoms with Gasteiger partial charge in [-0.1, -0.05) is 17.7 Å². The van der Waals surface area contributed by atoms with Gasteiger partial charge in [0.2, 0.25) is 0 Å². The van der Waals surface area contributed by atoms with Crippen LogP contribution in [0.1, 0.15) is 27.0 Å². The number of amides is 1. The number of nitrogens with one attached hydrogen (secondary N) is 2. The molecule has 0 saturated heterocycles. The first-order valence-corrected chi connectivity index (χ1v) is 10.8. The smallest absolute Gasteiger partial charge is 0.331 e. The number of alkyl halides is 3. The van der Waals surface area contributed by atoms with Gasteiger partial charge in [0.15, 0.2) is 4.77 Å². The number of carbonyl (C=O) groups excluding carboxylic acids is 1. The summed E-state index contributed by atoms with van der Waals surface area (Å²) in [6, 6.07) is 12.6. The van der Waals surface area contributed by atoms with Crippen LogP contribution in [0.4, 0.5) is 18.9 Å². The van der Waals surface area contributed by atoms with Crippen molar-refractivity contribution in [1.29, 1.82) is 0 Å². The molecular weight excluding hydrogens is 487 g/mol. The van der Waals surface area contributed by atoms with Crippen LogP contribution in [0.3, 0.4) is 0 Å². The average molecular weight is 504 g/mol.